The highest BCUT2D eigenvalue weighted by molar-refractivity contribution is 7.07. The molecule has 0 saturated carbocycles. The number of aromatic hydroxyl groups is 2. The van der Waals surface area contributed by atoms with Crippen molar-refractivity contribution in [1.29, 1.82) is 0 Å². The summed E-state index contributed by atoms with van der Waals surface area (Å²) in [5.74, 6) is -1.43. The SMILES string of the molecule is O=C(c1ccc(O)cc1O)N(Cc1ccsc1)c1ccc(-c2nc(C(F)(F)F)ccc2C(F)(F)F)cc1. The second-order valence-corrected chi connectivity index (χ2v) is 8.64. The molecule has 2 aromatic heterocycles. The second-order valence-electron chi connectivity index (χ2n) is 7.86. The molecule has 4 aromatic rings. The third-order valence-corrected chi connectivity index (χ3v) is 6.05. The Morgan fingerprint density at radius 3 is 2.16 bits per heavy atom. The lowest BCUT2D eigenvalue weighted by molar-refractivity contribution is -0.144. The number of hydrogen-bond acceptors (Lipinski definition) is 5. The number of nitrogens with zero attached hydrogens (tertiary/aromatic N) is 2. The summed E-state index contributed by atoms with van der Waals surface area (Å²) < 4.78 is 80.0. The van der Waals surface area contributed by atoms with Crippen LogP contribution in [0, 0.1) is 0 Å². The molecular weight excluding hydrogens is 522 g/mol. The van der Waals surface area contributed by atoms with E-state index in [1.807, 2.05) is 0 Å². The molecule has 5 nitrogen and oxygen atoms in total. The summed E-state index contributed by atoms with van der Waals surface area (Å²) in [5.41, 5.74) is -3.17. The molecule has 0 unspecified atom stereocenters. The van der Waals surface area contributed by atoms with Gasteiger partial charge < -0.3 is 15.1 Å². The van der Waals surface area contributed by atoms with Gasteiger partial charge in [-0.25, -0.2) is 4.98 Å². The normalized spacial score (nSPS) is 11.9. The summed E-state index contributed by atoms with van der Waals surface area (Å²) in [6.45, 7) is 0.0254. The molecule has 2 N–H and O–H groups in total. The van der Waals surface area contributed by atoms with Crippen LogP contribution in [0.2, 0.25) is 0 Å². The molecule has 0 saturated heterocycles. The highest BCUT2D eigenvalue weighted by Gasteiger charge is 2.38. The van der Waals surface area contributed by atoms with Crippen LogP contribution in [-0.2, 0) is 18.9 Å². The molecule has 0 radical (unpaired) electrons. The highest BCUT2D eigenvalue weighted by atomic mass is 32.1. The van der Waals surface area contributed by atoms with Crippen LogP contribution in [0.15, 0.2) is 71.4 Å². The van der Waals surface area contributed by atoms with E-state index in [2.05, 4.69) is 4.98 Å². The lowest BCUT2D eigenvalue weighted by Crippen LogP contribution is -2.30. The zero-order valence-electron chi connectivity index (χ0n) is 18.5. The topological polar surface area (TPSA) is 73.7 Å². The number of pyridine rings is 1. The monoisotopic (exact) mass is 538 g/mol. The molecule has 0 bridgehead atoms. The van der Waals surface area contributed by atoms with Crippen molar-refractivity contribution in [3.63, 3.8) is 0 Å². The van der Waals surface area contributed by atoms with Gasteiger partial charge in [0.1, 0.15) is 17.2 Å². The van der Waals surface area contributed by atoms with Crippen LogP contribution >= 0.6 is 11.3 Å². The lowest BCUT2D eigenvalue weighted by atomic mass is 10.0. The second kappa shape index (κ2) is 9.77. The highest BCUT2D eigenvalue weighted by Crippen LogP contribution is 2.39. The minimum Gasteiger partial charge on any atom is -0.508 e. The largest absolute Gasteiger partial charge is 0.508 e. The van der Waals surface area contributed by atoms with Gasteiger partial charge in [0.25, 0.3) is 5.91 Å². The fourth-order valence-electron chi connectivity index (χ4n) is 3.56. The number of benzene rings is 2. The van der Waals surface area contributed by atoms with Crippen LogP contribution < -0.4 is 4.90 Å². The molecule has 1 amide bonds. The van der Waals surface area contributed by atoms with Crippen molar-refractivity contribution in [2.45, 2.75) is 18.9 Å². The molecule has 0 aliphatic heterocycles. The quantitative estimate of drug-likeness (QED) is 0.266. The molecule has 0 atom stereocenters. The number of carbonyl (C=O) groups excluding carboxylic acids is 1. The number of thiophene rings is 1. The molecule has 2 heterocycles. The van der Waals surface area contributed by atoms with Crippen molar-refractivity contribution in [2.24, 2.45) is 0 Å². The van der Waals surface area contributed by atoms with Crippen LogP contribution in [-0.4, -0.2) is 21.1 Å². The smallest absolute Gasteiger partial charge is 0.433 e. The maximum Gasteiger partial charge on any atom is 0.433 e. The number of halogens is 6. The van der Waals surface area contributed by atoms with Gasteiger partial charge in [0, 0.05) is 17.3 Å². The summed E-state index contributed by atoms with van der Waals surface area (Å²) >= 11 is 1.37. The fourth-order valence-corrected chi connectivity index (χ4v) is 4.22. The number of rotatable bonds is 5. The maximum absolute atomic E-state index is 13.5. The minimum atomic E-state index is -4.96. The molecule has 12 heteroatoms. The Hall–Kier alpha value is -4.06. The first-order valence-corrected chi connectivity index (χ1v) is 11.4. The maximum atomic E-state index is 13.5. The molecule has 192 valence electrons. The summed E-state index contributed by atoms with van der Waals surface area (Å²) in [6.07, 6.45) is -9.91. The van der Waals surface area contributed by atoms with Gasteiger partial charge in [0.2, 0.25) is 0 Å². The van der Waals surface area contributed by atoms with E-state index in [0.29, 0.717) is 6.07 Å². The molecule has 0 spiro atoms. The van der Waals surface area contributed by atoms with E-state index < -0.39 is 41.0 Å². The molecule has 2 aromatic carbocycles. The molecule has 4 rings (SSSR count). The van der Waals surface area contributed by atoms with Gasteiger partial charge in [0.15, 0.2) is 0 Å². The molecule has 0 fully saturated rings. The van der Waals surface area contributed by atoms with Crippen molar-refractivity contribution in [3.05, 3.63) is 93.8 Å². The van der Waals surface area contributed by atoms with Gasteiger partial charge in [-0.15, -0.1) is 0 Å². The van der Waals surface area contributed by atoms with Crippen LogP contribution in [0.1, 0.15) is 27.2 Å². The van der Waals surface area contributed by atoms with Crippen molar-refractivity contribution in [2.75, 3.05) is 4.90 Å². The van der Waals surface area contributed by atoms with E-state index in [4.69, 9.17) is 0 Å². The molecule has 37 heavy (non-hydrogen) atoms. The zero-order valence-corrected chi connectivity index (χ0v) is 19.3. The average Bonchev–Trinajstić information content (AvgIpc) is 3.34. The van der Waals surface area contributed by atoms with Gasteiger partial charge in [-0.05, 0) is 58.8 Å². The minimum absolute atomic E-state index is 0.0254. The molecule has 0 aliphatic carbocycles. The number of hydrogen-bond donors (Lipinski definition) is 2. The summed E-state index contributed by atoms with van der Waals surface area (Å²) in [5, 5.41) is 23.2. The molecule has 0 aliphatic rings. The van der Waals surface area contributed by atoms with Gasteiger partial charge in [0.05, 0.1) is 23.4 Å². The summed E-state index contributed by atoms with van der Waals surface area (Å²) in [4.78, 5) is 17.8. The van der Waals surface area contributed by atoms with Gasteiger partial charge in [-0.2, -0.15) is 37.7 Å². The number of alkyl halides is 6. The Balaban J connectivity index is 1.77. The first kappa shape index (κ1) is 26.0. The Morgan fingerprint density at radius 1 is 0.892 bits per heavy atom. The standard InChI is InChI=1S/C25H16F6N2O3S/c26-24(27,28)19-7-8-21(25(29,30)31)32-22(19)15-1-3-16(4-2-15)33(12-14-9-10-37-13-14)23(36)18-6-5-17(34)11-20(18)35/h1-11,13,34-35H,12H2. The average molecular weight is 538 g/mol. The fraction of sp³-hybridized carbons (Fsp3) is 0.120. The first-order chi connectivity index (χ1) is 17.3. The van der Waals surface area contributed by atoms with Gasteiger partial charge in [-0.3, -0.25) is 4.79 Å². The zero-order chi connectivity index (χ0) is 27.0. The third kappa shape index (κ3) is 5.69. The van der Waals surface area contributed by atoms with Gasteiger partial charge >= 0.3 is 12.4 Å². The van der Waals surface area contributed by atoms with E-state index in [1.54, 1.807) is 16.8 Å². The number of aromatic nitrogens is 1. The van der Waals surface area contributed by atoms with E-state index in [9.17, 15) is 41.4 Å². The van der Waals surface area contributed by atoms with Crippen molar-refractivity contribution < 1.29 is 41.4 Å². The Bertz CT molecular complexity index is 1420. The summed E-state index contributed by atoms with van der Waals surface area (Å²) in [6, 6.07) is 10.6. The molecular formula is C25H16F6N2O3S. The van der Waals surface area contributed by atoms with Crippen molar-refractivity contribution in [3.8, 4) is 22.8 Å². The van der Waals surface area contributed by atoms with Crippen LogP contribution in [0.25, 0.3) is 11.3 Å². The predicted octanol–water partition coefficient (Wildman–Crippen LogP) is 7.11. The van der Waals surface area contributed by atoms with E-state index in [0.717, 1.165) is 23.8 Å². The number of amides is 1. The van der Waals surface area contributed by atoms with Crippen LogP contribution in [0.3, 0.4) is 0 Å². The Morgan fingerprint density at radius 2 is 1.59 bits per heavy atom. The number of carbonyl (C=O) groups is 1. The first-order valence-electron chi connectivity index (χ1n) is 10.5. The Kier molecular flexibility index (Phi) is 6.87. The van der Waals surface area contributed by atoms with E-state index in [1.165, 1.54) is 40.5 Å². The van der Waals surface area contributed by atoms with E-state index in [-0.39, 0.29) is 35.2 Å². The summed E-state index contributed by atoms with van der Waals surface area (Å²) in [7, 11) is 0. The van der Waals surface area contributed by atoms with Crippen LogP contribution in [0.4, 0.5) is 32.0 Å². The number of phenols is 2. The third-order valence-electron chi connectivity index (χ3n) is 5.32. The van der Waals surface area contributed by atoms with E-state index >= 15 is 0 Å². The number of anilines is 1. The predicted molar refractivity (Wildman–Crippen MR) is 124 cm³/mol. The Labute approximate surface area is 209 Å². The lowest BCUT2D eigenvalue weighted by Gasteiger charge is -2.23. The number of phenolic OH excluding ortho intramolecular Hbond substituents is 2. The van der Waals surface area contributed by atoms with Crippen LogP contribution in [0.5, 0.6) is 11.5 Å². The van der Waals surface area contributed by atoms with Crippen molar-refractivity contribution in [1.82, 2.24) is 4.98 Å². The van der Waals surface area contributed by atoms with Crippen molar-refractivity contribution >= 4 is 22.9 Å². The van der Waals surface area contributed by atoms with Gasteiger partial charge in [-0.1, -0.05) is 12.1 Å².